The minimum absolute atomic E-state index is 0.374. The van der Waals surface area contributed by atoms with Crippen molar-refractivity contribution < 1.29 is 4.42 Å². The van der Waals surface area contributed by atoms with Crippen LogP contribution in [0.1, 0.15) is 26.2 Å². The highest BCUT2D eigenvalue weighted by Crippen LogP contribution is 2.26. The largest absolute Gasteiger partial charge is 0.422 e. The summed E-state index contributed by atoms with van der Waals surface area (Å²) in [7, 11) is 0. The zero-order valence-electron chi connectivity index (χ0n) is 13.3. The van der Waals surface area contributed by atoms with Gasteiger partial charge in [0.25, 0.3) is 0 Å². The number of benzene rings is 1. The maximum atomic E-state index is 12.2. The van der Waals surface area contributed by atoms with Gasteiger partial charge in [-0.2, -0.15) is 5.10 Å². The third-order valence-corrected chi connectivity index (χ3v) is 4.99. The molecule has 0 amide bonds. The Balaban J connectivity index is 1.61. The topological polar surface area (TPSA) is 67.5 Å². The second kappa shape index (κ2) is 6.20. The highest BCUT2D eigenvalue weighted by atomic mass is 32.1. The summed E-state index contributed by atoms with van der Waals surface area (Å²) in [6.45, 7) is 2.24. The number of para-hydroxylation sites is 1. The average Bonchev–Trinajstić information content (AvgIpc) is 3.21. The van der Waals surface area contributed by atoms with Crippen molar-refractivity contribution in [1.29, 1.82) is 0 Å². The monoisotopic (exact) mass is 339 g/mol. The summed E-state index contributed by atoms with van der Waals surface area (Å²) in [5.41, 5.74) is 5.50. The van der Waals surface area contributed by atoms with Crippen molar-refractivity contribution in [1.82, 2.24) is 4.98 Å². The Bertz CT molecular complexity index is 974. The van der Waals surface area contributed by atoms with Gasteiger partial charge in [0, 0.05) is 16.5 Å². The molecule has 1 N–H and O–H groups in total. The molecule has 1 atom stereocenters. The highest BCUT2D eigenvalue weighted by molar-refractivity contribution is 7.14. The van der Waals surface area contributed by atoms with Gasteiger partial charge in [0.2, 0.25) is 5.13 Å². The normalized spacial score (nSPS) is 19.2. The predicted molar refractivity (Wildman–Crippen MR) is 97.7 cm³/mol. The van der Waals surface area contributed by atoms with Crippen LogP contribution in [0.5, 0.6) is 0 Å². The van der Waals surface area contributed by atoms with Crippen molar-refractivity contribution in [3.63, 3.8) is 0 Å². The Labute approximate surface area is 143 Å². The summed E-state index contributed by atoms with van der Waals surface area (Å²) in [6.07, 6.45) is 3.28. The molecule has 1 fully saturated rings. The van der Waals surface area contributed by atoms with Crippen LogP contribution in [0.2, 0.25) is 0 Å². The Hall–Kier alpha value is -2.47. The molecular formula is C18H17N3O2S. The van der Waals surface area contributed by atoms with E-state index in [1.54, 1.807) is 6.07 Å². The van der Waals surface area contributed by atoms with Gasteiger partial charge in [-0.15, -0.1) is 11.3 Å². The standard InChI is InChI=1S/C18H17N3O2S/c1-11-6-7-13(8-11)20-21-18-19-15(10-24-18)14-9-12-4-2-3-5-16(12)23-17(14)22/h2-5,9-11H,6-8H2,1H3,(H,19,21)/b20-13+. The van der Waals surface area contributed by atoms with E-state index < -0.39 is 0 Å². The van der Waals surface area contributed by atoms with Gasteiger partial charge in [-0.25, -0.2) is 9.78 Å². The van der Waals surface area contributed by atoms with Gasteiger partial charge >= 0.3 is 5.63 Å². The van der Waals surface area contributed by atoms with Crippen LogP contribution in [-0.2, 0) is 0 Å². The number of anilines is 1. The number of nitrogens with one attached hydrogen (secondary N) is 1. The number of fused-ring (bicyclic) bond motifs is 1. The molecule has 0 radical (unpaired) electrons. The molecule has 0 spiro atoms. The van der Waals surface area contributed by atoms with E-state index in [-0.39, 0.29) is 5.63 Å². The summed E-state index contributed by atoms with van der Waals surface area (Å²) in [5, 5.41) is 7.85. The first-order valence-corrected chi connectivity index (χ1v) is 8.87. The summed E-state index contributed by atoms with van der Waals surface area (Å²) >= 11 is 1.43. The zero-order chi connectivity index (χ0) is 16.5. The second-order valence-electron chi connectivity index (χ2n) is 6.16. The summed E-state index contributed by atoms with van der Waals surface area (Å²) in [4.78, 5) is 16.7. The molecule has 2 heterocycles. The third-order valence-electron chi connectivity index (χ3n) is 4.24. The van der Waals surface area contributed by atoms with Crippen LogP contribution >= 0.6 is 11.3 Å². The number of nitrogens with zero attached hydrogens (tertiary/aromatic N) is 2. The molecule has 0 bridgehead atoms. The lowest BCUT2D eigenvalue weighted by molar-refractivity contribution is 0.563. The number of hydrogen-bond acceptors (Lipinski definition) is 6. The molecule has 5 nitrogen and oxygen atoms in total. The van der Waals surface area contributed by atoms with Gasteiger partial charge in [-0.3, -0.25) is 5.43 Å². The van der Waals surface area contributed by atoms with E-state index in [9.17, 15) is 4.79 Å². The van der Waals surface area contributed by atoms with Gasteiger partial charge in [0.1, 0.15) is 5.58 Å². The van der Waals surface area contributed by atoms with E-state index in [1.165, 1.54) is 23.5 Å². The lowest BCUT2D eigenvalue weighted by Crippen LogP contribution is -2.03. The first-order valence-electron chi connectivity index (χ1n) is 7.99. The van der Waals surface area contributed by atoms with Gasteiger partial charge in [-0.05, 0) is 37.3 Å². The average molecular weight is 339 g/mol. The van der Waals surface area contributed by atoms with Crippen LogP contribution < -0.4 is 11.1 Å². The molecule has 122 valence electrons. The smallest absolute Gasteiger partial charge is 0.345 e. The molecule has 24 heavy (non-hydrogen) atoms. The predicted octanol–water partition coefficient (Wildman–Crippen LogP) is 4.50. The molecule has 4 rings (SSSR count). The molecular weight excluding hydrogens is 322 g/mol. The maximum absolute atomic E-state index is 12.2. The van der Waals surface area contributed by atoms with Gasteiger partial charge < -0.3 is 4.42 Å². The van der Waals surface area contributed by atoms with Crippen molar-refractivity contribution in [2.45, 2.75) is 26.2 Å². The number of rotatable bonds is 3. The molecule has 1 aliphatic carbocycles. The van der Waals surface area contributed by atoms with Gasteiger partial charge in [0.05, 0.1) is 11.3 Å². The quantitative estimate of drug-likeness (QED) is 0.563. The van der Waals surface area contributed by atoms with Crippen LogP contribution in [0, 0.1) is 5.92 Å². The highest BCUT2D eigenvalue weighted by Gasteiger charge is 2.16. The minimum Gasteiger partial charge on any atom is -0.422 e. The molecule has 1 unspecified atom stereocenters. The minimum atomic E-state index is -0.374. The Morgan fingerprint density at radius 3 is 3.08 bits per heavy atom. The van der Waals surface area contributed by atoms with Crippen LogP contribution in [0.4, 0.5) is 5.13 Å². The fourth-order valence-electron chi connectivity index (χ4n) is 2.94. The number of thiazole rings is 1. The SMILES string of the molecule is CC1CC/C(=N\Nc2nc(-c3cc4ccccc4oc3=O)cs2)C1. The van der Waals surface area contributed by atoms with Crippen molar-refractivity contribution >= 4 is 33.1 Å². The van der Waals surface area contributed by atoms with E-state index in [2.05, 4.69) is 22.4 Å². The van der Waals surface area contributed by atoms with E-state index >= 15 is 0 Å². The van der Waals surface area contributed by atoms with Crippen LogP contribution in [0.3, 0.4) is 0 Å². The summed E-state index contributed by atoms with van der Waals surface area (Å²) in [6, 6.07) is 9.29. The van der Waals surface area contributed by atoms with E-state index in [4.69, 9.17) is 4.42 Å². The third kappa shape index (κ3) is 2.97. The molecule has 1 aliphatic rings. The molecule has 3 aromatic rings. The molecule has 0 saturated heterocycles. The van der Waals surface area contributed by atoms with E-state index in [1.807, 2.05) is 29.6 Å². The lowest BCUT2D eigenvalue weighted by Gasteiger charge is -1.99. The molecule has 2 aromatic heterocycles. The number of hydrazone groups is 1. The first kappa shape index (κ1) is 15.1. The van der Waals surface area contributed by atoms with Crippen molar-refractivity contribution in [2.24, 2.45) is 11.0 Å². The fourth-order valence-corrected chi connectivity index (χ4v) is 3.59. The number of hydrogen-bond donors (Lipinski definition) is 1. The zero-order valence-corrected chi connectivity index (χ0v) is 14.1. The Morgan fingerprint density at radius 2 is 2.25 bits per heavy atom. The van der Waals surface area contributed by atoms with Gasteiger partial charge in [-0.1, -0.05) is 25.1 Å². The van der Waals surface area contributed by atoms with Crippen molar-refractivity contribution in [3.8, 4) is 11.3 Å². The Kier molecular flexibility index (Phi) is 3.90. The van der Waals surface area contributed by atoms with Gasteiger partial charge in [0.15, 0.2) is 0 Å². The fraction of sp³-hybridized carbons (Fsp3) is 0.278. The Morgan fingerprint density at radius 1 is 1.38 bits per heavy atom. The summed E-state index contributed by atoms with van der Waals surface area (Å²) < 4.78 is 5.37. The van der Waals surface area contributed by atoms with Crippen molar-refractivity contribution in [2.75, 3.05) is 5.43 Å². The molecule has 1 aromatic carbocycles. The second-order valence-corrected chi connectivity index (χ2v) is 7.02. The maximum Gasteiger partial charge on any atom is 0.345 e. The van der Waals surface area contributed by atoms with Crippen LogP contribution in [0.15, 0.2) is 50.0 Å². The number of aromatic nitrogens is 1. The van der Waals surface area contributed by atoms with Crippen LogP contribution in [-0.4, -0.2) is 10.7 Å². The van der Waals surface area contributed by atoms with E-state index in [0.29, 0.717) is 27.9 Å². The lowest BCUT2D eigenvalue weighted by atomic mass is 10.1. The molecule has 0 aliphatic heterocycles. The molecule has 6 heteroatoms. The molecule has 1 saturated carbocycles. The first-order chi connectivity index (χ1) is 11.7. The van der Waals surface area contributed by atoms with Crippen LogP contribution in [0.25, 0.3) is 22.2 Å². The van der Waals surface area contributed by atoms with E-state index in [0.717, 1.165) is 18.2 Å². The summed E-state index contributed by atoms with van der Waals surface area (Å²) in [5.74, 6) is 0.708. The van der Waals surface area contributed by atoms with Crippen molar-refractivity contribution in [3.05, 3.63) is 46.1 Å².